The van der Waals surface area contributed by atoms with E-state index in [0.29, 0.717) is 12.0 Å². The number of aryl methyl sites for hydroxylation is 1. The lowest BCUT2D eigenvalue weighted by molar-refractivity contribution is 0.00278. The maximum absolute atomic E-state index is 13.2. The molecule has 0 heterocycles. The quantitative estimate of drug-likeness (QED) is 0.287. The fourth-order valence-electron chi connectivity index (χ4n) is 3.12. The highest BCUT2D eigenvalue weighted by molar-refractivity contribution is 6.60. The molecule has 0 bridgehead atoms. The molecule has 0 aliphatic carbocycles. The average molecular weight is 403 g/mol. The first kappa shape index (κ1) is 24.2. The Hall–Kier alpha value is -0.823. The molecule has 0 unspecified atom stereocenters. The second-order valence-electron chi connectivity index (χ2n) is 7.87. The van der Waals surface area contributed by atoms with Crippen LogP contribution in [0.2, 0.25) is 6.04 Å². The van der Waals surface area contributed by atoms with Gasteiger partial charge in [-0.25, -0.2) is 8.78 Å². The van der Waals surface area contributed by atoms with Gasteiger partial charge >= 0.3 is 8.80 Å². The van der Waals surface area contributed by atoms with Crippen molar-refractivity contribution in [2.24, 2.45) is 0 Å². The number of hydrogen-bond acceptors (Lipinski definition) is 3. The van der Waals surface area contributed by atoms with Crippen molar-refractivity contribution in [1.29, 1.82) is 0 Å². The van der Waals surface area contributed by atoms with Gasteiger partial charge < -0.3 is 13.3 Å². The Balaban J connectivity index is 2.49. The van der Waals surface area contributed by atoms with Gasteiger partial charge in [-0.1, -0.05) is 12.8 Å². The van der Waals surface area contributed by atoms with Gasteiger partial charge in [0.25, 0.3) is 0 Å². The largest absolute Gasteiger partial charge is 0.501 e. The van der Waals surface area contributed by atoms with Crippen molar-refractivity contribution in [3.8, 4) is 0 Å². The number of hydrogen-bond donors (Lipinski definition) is 0. The zero-order chi connectivity index (χ0) is 20.4. The number of halogens is 2. The third-order valence-electron chi connectivity index (χ3n) is 3.87. The summed E-state index contributed by atoms with van der Waals surface area (Å²) in [5.74, 6) is -1.02. The van der Waals surface area contributed by atoms with Crippen molar-refractivity contribution in [2.45, 2.75) is 98.0 Å². The van der Waals surface area contributed by atoms with Gasteiger partial charge in [-0.3, -0.25) is 0 Å². The molecule has 1 aromatic carbocycles. The number of benzene rings is 1. The van der Waals surface area contributed by atoms with Crippen molar-refractivity contribution in [1.82, 2.24) is 0 Å². The van der Waals surface area contributed by atoms with Gasteiger partial charge in [-0.05, 0) is 78.5 Å². The van der Waals surface area contributed by atoms with Crippen LogP contribution in [0.25, 0.3) is 0 Å². The van der Waals surface area contributed by atoms with Crippen molar-refractivity contribution in [2.75, 3.05) is 0 Å². The van der Waals surface area contributed by atoms with Crippen LogP contribution in [0.15, 0.2) is 18.2 Å². The molecule has 0 saturated carbocycles. The summed E-state index contributed by atoms with van der Waals surface area (Å²) < 4.78 is 45.0. The van der Waals surface area contributed by atoms with E-state index in [9.17, 15) is 8.78 Å². The summed E-state index contributed by atoms with van der Waals surface area (Å²) in [6.45, 7) is 12.0. The van der Waals surface area contributed by atoms with Crippen molar-refractivity contribution < 1.29 is 22.1 Å². The topological polar surface area (TPSA) is 27.7 Å². The van der Waals surface area contributed by atoms with E-state index >= 15 is 0 Å². The molecule has 156 valence electrons. The molecule has 0 fully saturated rings. The molecule has 0 spiro atoms. The first-order chi connectivity index (χ1) is 12.6. The summed E-state index contributed by atoms with van der Waals surface area (Å²) >= 11 is 0. The molecule has 1 aromatic rings. The Morgan fingerprint density at radius 3 is 1.59 bits per heavy atom. The SMILES string of the molecule is CC(C)O[Si](CCCCCCc1cc(F)cc(F)c1)(OC(C)C)OC(C)C. The smallest absolute Gasteiger partial charge is 0.371 e. The zero-order valence-corrected chi connectivity index (χ0v) is 18.7. The first-order valence-electron chi connectivity index (χ1n) is 10.1. The summed E-state index contributed by atoms with van der Waals surface area (Å²) in [4.78, 5) is 0. The first-order valence-corrected chi connectivity index (χ1v) is 12.0. The van der Waals surface area contributed by atoms with Crippen molar-refractivity contribution >= 4 is 8.80 Å². The lowest BCUT2D eigenvalue weighted by atomic mass is 10.1. The molecule has 1 rings (SSSR count). The van der Waals surface area contributed by atoms with Crippen LogP contribution in [0.4, 0.5) is 8.78 Å². The van der Waals surface area contributed by atoms with Crippen LogP contribution in [0.5, 0.6) is 0 Å². The van der Waals surface area contributed by atoms with E-state index in [-0.39, 0.29) is 18.3 Å². The minimum Gasteiger partial charge on any atom is -0.371 e. The molecule has 0 amide bonds. The third kappa shape index (κ3) is 10.3. The Kier molecular flexibility index (Phi) is 10.7. The van der Waals surface area contributed by atoms with E-state index in [1.54, 1.807) is 0 Å². The van der Waals surface area contributed by atoms with Crippen LogP contribution in [0, 0.1) is 11.6 Å². The highest BCUT2D eigenvalue weighted by Gasteiger charge is 2.43. The van der Waals surface area contributed by atoms with Crippen LogP contribution in [-0.4, -0.2) is 27.1 Å². The van der Waals surface area contributed by atoms with E-state index in [0.717, 1.165) is 37.8 Å². The maximum Gasteiger partial charge on any atom is 0.501 e. The second-order valence-corrected chi connectivity index (χ2v) is 10.4. The highest BCUT2D eigenvalue weighted by atomic mass is 28.4. The van der Waals surface area contributed by atoms with Crippen LogP contribution >= 0.6 is 0 Å². The lowest BCUT2D eigenvalue weighted by Gasteiger charge is -2.34. The van der Waals surface area contributed by atoms with Crippen LogP contribution in [0.1, 0.15) is 72.8 Å². The Morgan fingerprint density at radius 1 is 0.704 bits per heavy atom. The Morgan fingerprint density at radius 2 is 1.15 bits per heavy atom. The maximum atomic E-state index is 13.2. The summed E-state index contributed by atoms with van der Waals surface area (Å²) in [7, 11) is -2.72. The number of unbranched alkanes of at least 4 members (excludes halogenated alkanes) is 3. The summed E-state index contributed by atoms with van der Waals surface area (Å²) in [6, 6.07) is 4.51. The normalized spacial score (nSPS) is 12.6. The van der Waals surface area contributed by atoms with Crippen LogP contribution in [-0.2, 0) is 19.7 Å². The van der Waals surface area contributed by atoms with Gasteiger partial charge in [0.1, 0.15) is 11.6 Å². The molecule has 0 radical (unpaired) electrons. The molecule has 0 aliphatic heterocycles. The molecule has 0 N–H and O–H groups in total. The monoisotopic (exact) mass is 402 g/mol. The second kappa shape index (κ2) is 11.9. The van der Waals surface area contributed by atoms with Gasteiger partial charge in [-0.2, -0.15) is 0 Å². The Bertz CT molecular complexity index is 503. The van der Waals surface area contributed by atoms with Crippen molar-refractivity contribution in [3.63, 3.8) is 0 Å². The van der Waals surface area contributed by atoms with E-state index in [2.05, 4.69) is 0 Å². The minimum atomic E-state index is -2.72. The van der Waals surface area contributed by atoms with E-state index in [4.69, 9.17) is 13.3 Å². The standard InChI is InChI=1S/C21H36F2O3Si/c1-16(2)24-27(25-17(3)4,26-18(5)6)12-10-8-7-9-11-19-13-20(22)15-21(23)14-19/h13-18H,7-12H2,1-6H3. The molecular weight excluding hydrogens is 366 g/mol. The molecule has 6 heteroatoms. The van der Waals surface area contributed by atoms with E-state index in [1.165, 1.54) is 12.1 Å². The van der Waals surface area contributed by atoms with Crippen LogP contribution in [0.3, 0.4) is 0 Å². The van der Waals surface area contributed by atoms with Crippen LogP contribution < -0.4 is 0 Å². The van der Waals surface area contributed by atoms with E-state index < -0.39 is 20.4 Å². The molecule has 0 aromatic heterocycles. The molecular formula is C21H36F2O3Si. The number of rotatable bonds is 13. The van der Waals surface area contributed by atoms with Gasteiger partial charge in [0, 0.05) is 30.4 Å². The Labute approximate surface area is 164 Å². The van der Waals surface area contributed by atoms with Gasteiger partial charge in [0.05, 0.1) is 0 Å². The summed E-state index contributed by atoms with van der Waals surface area (Å²) in [5.41, 5.74) is 0.714. The highest BCUT2D eigenvalue weighted by Crippen LogP contribution is 2.25. The summed E-state index contributed by atoms with van der Waals surface area (Å²) in [6.07, 6.45) is 4.70. The fraction of sp³-hybridized carbons (Fsp3) is 0.714. The molecule has 3 nitrogen and oxygen atoms in total. The predicted octanol–water partition coefficient (Wildman–Crippen LogP) is 6.28. The molecule has 0 aliphatic rings. The third-order valence-corrected chi connectivity index (χ3v) is 7.32. The lowest BCUT2D eigenvalue weighted by Crippen LogP contribution is -2.50. The van der Waals surface area contributed by atoms with Crippen molar-refractivity contribution in [3.05, 3.63) is 35.4 Å². The predicted molar refractivity (Wildman–Crippen MR) is 108 cm³/mol. The molecule has 27 heavy (non-hydrogen) atoms. The molecule has 0 atom stereocenters. The zero-order valence-electron chi connectivity index (χ0n) is 17.7. The van der Waals surface area contributed by atoms with E-state index in [1.807, 2.05) is 41.5 Å². The van der Waals surface area contributed by atoms with Gasteiger partial charge in [0.2, 0.25) is 0 Å². The molecule has 0 saturated heterocycles. The average Bonchev–Trinajstić information content (AvgIpc) is 2.47. The van der Waals surface area contributed by atoms with Gasteiger partial charge in [-0.15, -0.1) is 0 Å². The fourth-order valence-corrected chi connectivity index (χ4v) is 6.47. The minimum absolute atomic E-state index is 0.0528. The summed E-state index contributed by atoms with van der Waals surface area (Å²) in [5, 5.41) is 0. The van der Waals surface area contributed by atoms with Gasteiger partial charge in [0.15, 0.2) is 0 Å².